The summed E-state index contributed by atoms with van der Waals surface area (Å²) in [6.45, 7) is 0. The van der Waals surface area contributed by atoms with Crippen LogP contribution in [0.5, 0.6) is 0 Å². The first-order chi connectivity index (χ1) is 14.0. The van der Waals surface area contributed by atoms with Gasteiger partial charge in [0.25, 0.3) is 0 Å². The number of hydrazine groups is 1. The van der Waals surface area contributed by atoms with Gasteiger partial charge in [-0.3, -0.25) is 0 Å². The lowest BCUT2D eigenvalue weighted by molar-refractivity contribution is 0.0602. The van der Waals surface area contributed by atoms with Gasteiger partial charge in [0.05, 0.1) is 0 Å². The quantitative estimate of drug-likeness (QED) is 0.608. The van der Waals surface area contributed by atoms with Crippen molar-refractivity contribution in [2.45, 2.75) is 12.3 Å². The van der Waals surface area contributed by atoms with Gasteiger partial charge < -0.3 is 0 Å². The third kappa shape index (κ3) is 3.16. The number of carbonyl (C=O) groups excluding carboxylic acids is 2. The normalized spacial score (nSPS) is 22.1. The Labute approximate surface area is 180 Å². The van der Waals surface area contributed by atoms with Gasteiger partial charge in [0.1, 0.15) is 0 Å². The maximum Gasteiger partial charge on any atom is 0.358 e. The van der Waals surface area contributed by atoms with Crippen LogP contribution in [0.25, 0.3) is 0 Å². The van der Waals surface area contributed by atoms with E-state index < -0.39 is 42.9 Å². The molecular weight excluding hydrogens is 479 g/mol. The predicted octanol–water partition coefficient (Wildman–Crippen LogP) is 2.74. The lowest BCUT2D eigenvalue weighted by atomic mass is 10.2. The summed E-state index contributed by atoms with van der Waals surface area (Å²) in [7, 11) is 1.72. The molecule has 2 heterocycles. The molecule has 14 heteroatoms. The van der Waals surface area contributed by atoms with Gasteiger partial charge in [-0.1, -0.05) is 60.7 Å². The van der Waals surface area contributed by atoms with Crippen LogP contribution >= 0.6 is 21.4 Å². The van der Waals surface area contributed by atoms with Crippen LogP contribution in [-0.2, 0) is 18.5 Å². The van der Waals surface area contributed by atoms with Gasteiger partial charge in [-0.05, 0) is 11.1 Å². The molecule has 2 fully saturated rings. The van der Waals surface area contributed by atoms with E-state index in [4.69, 9.17) is 21.4 Å². The molecule has 10 nitrogen and oxygen atoms in total. The second-order valence-corrected chi connectivity index (χ2v) is 11.1. The van der Waals surface area contributed by atoms with Crippen molar-refractivity contribution in [2.75, 3.05) is 0 Å². The van der Waals surface area contributed by atoms with Crippen molar-refractivity contribution in [3.8, 4) is 0 Å². The highest BCUT2D eigenvalue weighted by atomic mass is 35.7. The first-order valence-corrected chi connectivity index (χ1v) is 12.8. The second kappa shape index (κ2) is 7.01. The average molecular weight is 491 g/mol. The number of carbonyl (C=O) groups is 2. The van der Waals surface area contributed by atoms with E-state index in [1.807, 2.05) is 0 Å². The van der Waals surface area contributed by atoms with Crippen molar-refractivity contribution in [1.29, 1.82) is 0 Å². The third-order valence-electron chi connectivity index (χ3n) is 4.57. The molecule has 4 rings (SSSR count). The molecule has 2 aromatic carbocycles. The molecule has 4 amide bonds. The monoisotopic (exact) mass is 490 g/mol. The summed E-state index contributed by atoms with van der Waals surface area (Å²) in [5, 5.41) is 1.43. The van der Waals surface area contributed by atoms with Gasteiger partial charge in [-0.15, -0.1) is 0 Å². The Morgan fingerprint density at radius 2 is 0.900 bits per heavy atom. The zero-order valence-corrected chi connectivity index (χ0v) is 17.9. The molecule has 0 aliphatic carbocycles. The fraction of sp³-hybridized carbons (Fsp3) is 0.125. The van der Waals surface area contributed by atoms with E-state index in [1.54, 1.807) is 36.4 Å². The summed E-state index contributed by atoms with van der Waals surface area (Å²) < 4.78 is 49.6. The van der Waals surface area contributed by atoms with Crippen LogP contribution in [0.4, 0.5) is 9.59 Å². The van der Waals surface area contributed by atoms with Crippen LogP contribution in [0.2, 0.25) is 0 Å². The minimum atomic E-state index is -4.65. The standard InChI is InChI=1S/C16H12Cl2N4O6S2/c17-29(25,26)21-13(11-7-3-1-4-8-11)19-15(23)22(30(18,27)28)14(20(19)16(21)24)12-9-5-2-6-10-12/h1-10,13-14H/t13-,14+. The maximum atomic E-state index is 13.1. The Bertz CT molecular complexity index is 1130. The molecular formula is C16H12Cl2N4O6S2. The predicted molar refractivity (Wildman–Crippen MR) is 106 cm³/mol. The number of amides is 4. The minimum absolute atomic E-state index is 0.214. The molecule has 0 bridgehead atoms. The Morgan fingerprint density at radius 3 is 1.17 bits per heavy atom. The fourth-order valence-electron chi connectivity index (χ4n) is 3.47. The van der Waals surface area contributed by atoms with Gasteiger partial charge in [0.2, 0.25) is 0 Å². The molecule has 0 N–H and O–H groups in total. The van der Waals surface area contributed by atoms with Gasteiger partial charge in [0.15, 0.2) is 12.3 Å². The highest BCUT2D eigenvalue weighted by Crippen LogP contribution is 2.49. The van der Waals surface area contributed by atoms with Gasteiger partial charge in [-0.25, -0.2) is 9.59 Å². The van der Waals surface area contributed by atoms with E-state index >= 15 is 0 Å². The summed E-state index contributed by atoms with van der Waals surface area (Å²) in [5.41, 5.74) is 0.429. The van der Waals surface area contributed by atoms with Crippen molar-refractivity contribution >= 4 is 51.9 Å². The van der Waals surface area contributed by atoms with E-state index in [9.17, 15) is 26.4 Å². The summed E-state index contributed by atoms with van der Waals surface area (Å²) in [6.07, 6.45) is -3.08. The number of nitrogens with zero attached hydrogens (tertiary/aromatic N) is 4. The van der Waals surface area contributed by atoms with Gasteiger partial charge in [-0.2, -0.15) is 35.5 Å². The van der Waals surface area contributed by atoms with Crippen LogP contribution in [0.15, 0.2) is 60.7 Å². The molecule has 0 unspecified atom stereocenters. The van der Waals surface area contributed by atoms with E-state index in [2.05, 4.69) is 0 Å². The topological polar surface area (TPSA) is 115 Å². The molecule has 30 heavy (non-hydrogen) atoms. The van der Waals surface area contributed by atoms with Crippen molar-refractivity contribution < 1.29 is 26.4 Å². The Kier molecular flexibility index (Phi) is 4.84. The molecule has 158 valence electrons. The molecule has 2 atom stereocenters. The highest BCUT2D eigenvalue weighted by molar-refractivity contribution is 8.12. The number of benzene rings is 2. The molecule has 2 aliphatic heterocycles. The molecule has 2 aliphatic rings. The van der Waals surface area contributed by atoms with E-state index in [1.165, 1.54) is 24.3 Å². The molecule has 2 saturated heterocycles. The number of hydrogen-bond donors (Lipinski definition) is 0. The zero-order valence-electron chi connectivity index (χ0n) is 14.7. The molecule has 0 aromatic heterocycles. The van der Waals surface area contributed by atoms with Crippen LogP contribution < -0.4 is 0 Å². The van der Waals surface area contributed by atoms with Crippen molar-refractivity contribution in [3.05, 3.63) is 71.8 Å². The molecule has 0 radical (unpaired) electrons. The lowest BCUT2D eigenvalue weighted by Gasteiger charge is -2.25. The summed E-state index contributed by atoms with van der Waals surface area (Å²) in [6, 6.07) is 13.0. The maximum absolute atomic E-state index is 13.1. The fourth-order valence-corrected chi connectivity index (χ4v) is 5.71. The second-order valence-electron chi connectivity index (χ2n) is 6.30. The first kappa shape index (κ1) is 20.7. The smallest absolute Gasteiger partial charge is 0.245 e. The molecule has 0 spiro atoms. The van der Waals surface area contributed by atoms with Crippen LogP contribution in [0, 0.1) is 0 Å². The van der Waals surface area contributed by atoms with E-state index in [-0.39, 0.29) is 11.1 Å². The summed E-state index contributed by atoms with van der Waals surface area (Å²) in [5.74, 6) is 0. The summed E-state index contributed by atoms with van der Waals surface area (Å²) in [4.78, 5) is 26.3. The van der Waals surface area contributed by atoms with Crippen molar-refractivity contribution in [2.24, 2.45) is 0 Å². The number of halogens is 2. The van der Waals surface area contributed by atoms with Crippen LogP contribution in [-0.4, -0.2) is 47.5 Å². The number of hydrogen-bond acceptors (Lipinski definition) is 6. The number of fused-ring (bicyclic) bond motifs is 1. The molecule has 0 saturated carbocycles. The Morgan fingerprint density at radius 1 is 0.600 bits per heavy atom. The average Bonchev–Trinajstić information content (AvgIpc) is 3.15. The molecule has 2 aromatic rings. The van der Waals surface area contributed by atoms with Crippen molar-refractivity contribution in [1.82, 2.24) is 18.6 Å². The SMILES string of the molecule is O=C1N2[C@H](c3ccccc3)N(S(=O)(=O)Cl)C(=O)N2[C@@H](c2ccccc2)N1S(=O)(=O)Cl. The number of urea groups is 2. The van der Waals surface area contributed by atoms with Gasteiger partial charge >= 0.3 is 30.5 Å². The lowest BCUT2D eigenvalue weighted by Crippen LogP contribution is -2.42. The largest absolute Gasteiger partial charge is 0.358 e. The van der Waals surface area contributed by atoms with Crippen LogP contribution in [0.1, 0.15) is 23.5 Å². The van der Waals surface area contributed by atoms with E-state index in [0.29, 0.717) is 8.61 Å². The first-order valence-electron chi connectivity index (χ1n) is 8.27. The zero-order chi connectivity index (χ0) is 21.8. The van der Waals surface area contributed by atoms with E-state index in [0.717, 1.165) is 10.0 Å². The Hall–Kier alpha value is -2.54. The Balaban J connectivity index is 1.97. The van der Waals surface area contributed by atoms with Crippen molar-refractivity contribution in [3.63, 3.8) is 0 Å². The minimum Gasteiger partial charge on any atom is -0.245 e. The summed E-state index contributed by atoms with van der Waals surface area (Å²) >= 11 is 0. The number of rotatable bonds is 4. The highest BCUT2D eigenvalue weighted by Gasteiger charge is 2.64. The van der Waals surface area contributed by atoms with Crippen LogP contribution in [0.3, 0.4) is 0 Å². The third-order valence-corrected chi connectivity index (χ3v) is 7.12. The van der Waals surface area contributed by atoms with Gasteiger partial charge in [0, 0.05) is 21.4 Å².